The SMILES string of the molecule is CCCc1ccccc1-n1cc(CCN)nn1. The molecule has 0 fully saturated rings. The van der Waals surface area contributed by atoms with Gasteiger partial charge in [-0.05, 0) is 24.6 Å². The topological polar surface area (TPSA) is 56.7 Å². The fourth-order valence-corrected chi connectivity index (χ4v) is 1.89. The highest BCUT2D eigenvalue weighted by Crippen LogP contribution is 2.15. The molecule has 0 spiro atoms. The fraction of sp³-hybridized carbons (Fsp3) is 0.385. The third kappa shape index (κ3) is 2.71. The first-order chi connectivity index (χ1) is 8.35. The van der Waals surface area contributed by atoms with Crippen molar-refractivity contribution in [3.8, 4) is 5.69 Å². The molecule has 0 atom stereocenters. The predicted molar refractivity (Wildman–Crippen MR) is 68.1 cm³/mol. The van der Waals surface area contributed by atoms with E-state index < -0.39 is 0 Å². The molecule has 0 unspecified atom stereocenters. The summed E-state index contributed by atoms with van der Waals surface area (Å²) in [6.45, 7) is 2.78. The fourth-order valence-electron chi connectivity index (χ4n) is 1.89. The summed E-state index contributed by atoms with van der Waals surface area (Å²) in [5, 5.41) is 8.28. The summed E-state index contributed by atoms with van der Waals surface area (Å²) in [7, 11) is 0. The molecule has 4 nitrogen and oxygen atoms in total. The van der Waals surface area contributed by atoms with Crippen molar-refractivity contribution in [2.24, 2.45) is 5.73 Å². The Kier molecular flexibility index (Phi) is 3.88. The summed E-state index contributed by atoms with van der Waals surface area (Å²) >= 11 is 0. The number of aryl methyl sites for hydroxylation is 1. The first-order valence-corrected chi connectivity index (χ1v) is 6.04. The van der Waals surface area contributed by atoms with Crippen LogP contribution in [0.15, 0.2) is 30.5 Å². The van der Waals surface area contributed by atoms with Crippen LogP contribution in [0.3, 0.4) is 0 Å². The average Bonchev–Trinajstić information content (AvgIpc) is 2.79. The van der Waals surface area contributed by atoms with E-state index in [1.54, 1.807) is 0 Å². The second-order valence-electron chi connectivity index (χ2n) is 4.07. The minimum Gasteiger partial charge on any atom is -0.330 e. The molecule has 0 amide bonds. The van der Waals surface area contributed by atoms with Crippen LogP contribution in [0.5, 0.6) is 0 Å². The zero-order chi connectivity index (χ0) is 12.1. The maximum atomic E-state index is 5.51. The zero-order valence-corrected chi connectivity index (χ0v) is 10.1. The van der Waals surface area contributed by atoms with Gasteiger partial charge in [0.25, 0.3) is 0 Å². The number of rotatable bonds is 5. The molecular formula is C13H18N4. The van der Waals surface area contributed by atoms with Crippen molar-refractivity contribution in [2.75, 3.05) is 6.54 Å². The lowest BCUT2D eigenvalue weighted by atomic mass is 10.1. The van der Waals surface area contributed by atoms with Crippen molar-refractivity contribution in [1.82, 2.24) is 15.0 Å². The van der Waals surface area contributed by atoms with Crippen molar-refractivity contribution in [1.29, 1.82) is 0 Å². The van der Waals surface area contributed by atoms with Gasteiger partial charge in [0.05, 0.1) is 17.6 Å². The van der Waals surface area contributed by atoms with Crippen LogP contribution in [0.2, 0.25) is 0 Å². The zero-order valence-electron chi connectivity index (χ0n) is 10.1. The van der Waals surface area contributed by atoms with Crippen molar-refractivity contribution < 1.29 is 0 Å². The molecule has 0 aliphatic heterocycles. The van der Waals surface area contributed by atoms with E-state index in [1.807, 2.05) is 16.9 Å². The smallest absolute Gasteiger partial charge is 0.0844 e. The number of nitrogens with two attached hydrogens (primary N) is 1. The van der Waals surface area contributed by atoms with Gasteiger partial charge in [0.1, 0.15) is 0 Å². The van der Waals surface area contributed by atoms with Crippen molar-refractivity contribution in [2.45, 2.75) is 26.2 Å². The van der Waals surface area contributed by atoms with Crippen LogP contribution >= 0.6 is 0 Å². The van der Waals surface area contributed by atoms with Gasteiger partial charge in [0.15, 0.2) is 0 Å². The van der Waals surface area contributed by atoms with E-state index in [2.05, 4.69) is 35.4 Å². The van der Waals surface area contributed by atoms with E-state index >= 15 is 0 Å². The van der Waals surface area contributed by atoms with E-state index in [9.17, 15) is 0 Å². The quantitative estimate of drug-likeness (QED) is 0.851. The monoisotopic (exact) mass is 230 g/mol. The Morgan fingerprint density at radius 1 is 1.24 bits per heavy atom. The normalized spacial score (nSPS) is 10.7. The van der Waals surface area contributed by atoms with Crippen LogP contribution in [0, 0.1) is 0 Å². The van der Waals surface area contributed by atoms with Crippen LogP contribution in [-0.2, 0) is 12.8 Å². The summed E-state index contributed by atoms with van der Waals surface area (Å²) in [6.07, 6.45) is 4.92. The highest BCUT2D eigenvalue weighted by Gasteiger charge is 2.06. The molecule has 2 rings (SSSR count). The molecule has 2 aromatic rings. The molecule has 0 radical (unpaired) electrons. The van der Waals surface area contributed by atoms with Gasteiger partial charge in [-0.15, -0.1) is 5.10 Å². The molecule has 1 heterocycles. The van der Waals surface area contributed by atoms with Gasteiger partial charge < -0.3 is 5.73 Å². The van der Waals surface area contributed by atoms with Gasteiger partial charge in [0, 0.05) is 6.42 Å². The molecule has 0 aliphatic rings. The predicted octanol–water partition coefficient (Wildman–Crippen LogP) is 1.72. The molecule has 0 saturated carbocycles. The van der Waals surface area contributed by atoms with Crippen molar-refractivity contribution in [3.63, 3.8) is 0 Å². The van der Waals surface area contributed by atoms with E-state index in [0.717, 1.165) is 30.6 Å². The largest absolute Gasteiger partial charge is 0.330 e. The number of para-hydroxylation sites is 1. The minimum absolute atomic E-state index is 0.606. The Hall–Kier alpha value is -1.68. The second kappa shape index (κ2) is 5.59. The van der Waals surface area contributed by atoms with Crippen molar-refractivity contribution >= 4 is 0 Å². The number of hydrogen-bond donors (Lipinski definition) is 1. The van der Waals surface area contributed by atoms with Crippen LogP contribution in [0.4, 0.5) is 0 Å². The van der Waals surface area contributed by atoms with Gasteiger partial charge in [-0.25, -0.2) is 4.68 Å². The van der Waals surface area contributed by atoms with Crippen LogP contribution in [0.1, 0.15) is 24.6 Å². The molecule has 1 aromatic heterocycles. The highest BCUT2D eigenvalue weighted by molar-refractivity contribution is 5.40. The molecule has 0 saturated heterocycles. The van der Waals surface area contributed by atoms with Crippen LogP contribution in [-0.4, -0.2) is 21.5 Å². The first kappa shape index (κ1) is 11.8. The lowest BCUT2D eigenvalue weighted by molar-refractivity contribution is 0.779. The van der Waals surface area contributed by atoms with Gasteiger partial charge in [-0.3, -0.25) is 0 Å². The molecule has 90 valence electrons. The summed E-state index contributed by atoms with van der Waals surface area (Å²) in [4.78, 5) is 0. The number of benzene rings is 1. The minimum atomic E-state index is 0.606. The first-order valence-electron chi connectivity index (χ1n) is 6.04. The number of hydrogen-bond acceptors (Lipinski definition) is 3. The molecule has 0 bridgehead atoms. The summed E-state index contributed by atoms with van der Waals surface area (Å²) < 4.78 is 1.84. The third-order valence-electron chi connectivity index (χ3n) is 2.70. The van der Waals surface area contributed by atoms with Gasteiger partial charge in [-0.1, -0.05) is 36.8 Å². The Morgan fingerprint density at radius 2 is 2.06 bits per heavy atom. The number of aromatic nitrogens is 3. The Labute approximate surface area is 101 Å². The highest BCUT2D eigenvalue weighted by atomic mass is 15.4. The maximum absolute atomic E-state index is 5.51. The molecule has 4 heteroatoms. The average molecular weight is 230 g/mol. The van der Waals surface area contributed by atoms with Crippen LogP contribution < -0.4 is 5.73 Å². The van der Waals surface area contributed by atoms with Gasteiger partial charge in [-0.2, -0.15) is 0 Å². The Balaban J connectivity index is 2.31. The molecule has 2 N–H and O–H groups in total. The van der Waals surface area contributed by atoms with E-state index in [0.29, 0.717) is 6.54 Å². The third-order valence-corrected chi connectivity index (χ3v) is 2.70. The van der Waals surface area contributed by atoms with Gasteiger partial charge >= 0.3 is 0 Å². The summed E-state index contributed by atoms with van der Waals surface area (Å²) in [6, 6.07) is 8.31. The Morgan fingerprint density at radius 3 is 2.82 bits per heavy atom. The van der Waals surface area contributed by atoms with E-state index in [4.69, 9.17) is 5.73 Å². The Bertz CT molecular complexity index is 476. The molecule has 1 aromatic carbocycles. The molecule has 17 heavy (non-hydrogen) atoms. The molecule has 0 aliphatic carbocycles. The van der Waals surface area contributed by atoms with Crippen molar-refractivity contribution in [3.05, 3.63) is 41.7 Å². The summed E-state index contributed by atoms with van der Waals surface area (Å²) in [5.74, 6) is 0. The van der Waals surface area contributed by atoms with Gasteiger partial charge in [0.2, 0.25) is 0 Å². The molecular weight excluding hydrogens is 212 g/mol. The number of nitrogens with zero attached hydrogens (tertiary/aromatic N) is 3. The standard InChI is InChI=1S/C13H18N4/c1-2-5-11-6-3-4-7-13(11)17-10-12(8-9-14)15-16-17/h3-4,6-7,10H,2,5,8-9,14H2,1H3. The van der Waals surface area contributed by atoms with E-state index in [-0.39, 0.29) is 0 Å². The lowest BCUT2D eigenvalue weighted by Crippen LogP contribution is -2.02. The van der Waals surface area contributed by atoms with Crippen LogP contribution in [0.25, 0.3) is 5.69 Å². The maximum Gasteiger partial charge on any atom is 0.0844 e. The van der Waals surface area contributed by atoms with E-state index in [1.165, 1.54) is 5.56 Å². The second-order valence-corrected chi connectivity index (χ2v) is 4.07. The summed E-state index contributed by atoms with van der Waals surface area (Å²) in [5.41, 5.74) is 8.87. The lowest BCUT2D eigenvalue weighted by Gasteiger charge is -2.07.